The van der Waals surface area contributed by atoms with E-state index in [0.29, 0.717) is 103 Å². The van der Waals surface area contributed by atoms with Gasteiger partial charge in [0, 0.05) is 119 Å². The lowest BCUT2D eigenvalue weighted by Crippen LogP contribution is -2.21. The highest BCUT2D eigenvalue weighted by molar-refractivity contribution is 9.10. The van der Waals surface area contributed by atoms with Crippen LogP contribution < -0.4 is 22.1 Å². The smallest absolute Gasteiger partial charge is 0.333 e. The maximum absolute atomic E-state index is 13.5. The first-order valence-electron chi connectivity index (χ1n) is 25.0. The first kappa shape index (κ1) is 57.2. The number of nitrogens with one attached hydrogen (secondary N) is 2. The zero-order chi connectivity index (χ0) is 56.9. The number of halogens is 1. The number of anilines is 6. The lowest BCUT2D eigenvalue weighted by molar-refractivity contribution is -0.139. The number of hydrogen-bond acceptors (Lipinski definition) is 14. The summed E-state index contributed by atoms with van der Waals surface area (Å²) in [6.07, 6.45) is 1.88. The maximum atomic E-state index is 13.5. The molecule has 15 heteroatoms. The van der Waals surface area contributed by atoms with Gasteiger partial charge in [-0.05, 0) is 147 Å². The summed E-state index contributed by atoms with van der Waals surface area (Å²) in [5.41, 5.74) is 22.5. The van der Waals surface area contributed by atoms with Crippen molar-refractivity contribution in [3.63, 3.8) is 0 Å². The molecule has 6 N–H and O–H groups in total. The molecule has 14 nitrogen and oxygen atoms in total. The second kappa shape index (κ2) is 26.1. The van der Waals surface area contributed by atoms with E-state index in [4.69, 9.17) is 25.7 Å². The molecule has 0 amide bonds. The van der Waals surface area contributed by atoms with E-state index >= 15 is 0 Å². The van der Waals surface area contributed by atoms with Crippen LogP contribution in [0.5, 0.6) is 0 Å². The predicted molar refractivity (Wildman–Crippen MR) is 310 cm³/mol. The molecule has 0 aliphatic heterocycles. The summed E-state index contributed by atoms with van der Waals surface area (Å²) in [7, 11) is 0. The molecule has 400 valence electrons. The van der Waals surface area contributed by atoms with Crippen LogP contribution in [-0.4, -0.2) is 60.9 Å². The van der Waals surface area contributed by atoms with E-state index in [2.05, 4.69) is 46.3 Å². The Bertz CT molecular complexity index is 3370. The summed E-state index contributed by atoms with van der Waals surface area (Å²) < 4.78 is 16.3. The third-order valence-corrected chi connectivity index (χ3v) is 12.9. The molecule has 7 aromatic rings. The highest BCUT2D eigenvalue weighted by Gasteiger charge is 2.31. The summed E-state index contributed by atoms with van der Waals surface area (Å²) >= 11 is 3.36. The summed E-state index contributed by atoms with van der Waals surface area (Å²) in [6, 6.07) is 43.1. The number of nitrogen functional groups attached to an aromatic ring is 2. The highest BCUT2D eigenvalue weighted by atomic mass is 79.9. The summed E-state index contributed by atoms with van der Waals surface area (Å²) in [5.74, 6) is -1.93. The molecule has 0 aromatic heterocycles. The number of hydrogen-bond donors (Lipinski definition) is 4. The molecule has 0 fully saturated rings. The van der Waals surface area contributed by atoms with E-state index in [-0.39, 0.29) is 42.3 Å². The molecule has 0 unspecified atom stereocenters. The Morgan fingerprint density at radius 2 is 0.658 bits per heavy atom. The van der Waals surface area contributed by atoms with Crippen LogP contribution in [-0.2, 0) is 47.9 Å². The standard InChI is InChI=1S/C38H34N2O6.C14H10N2O2.C12H13BrO2/c1-23(2)37(43)45-19-17-25-5-9-27(10-6-25)39-29-13-15-31-33(21-29)35(41)32-16-14-30(22-34(32)36(31)42)40-28-11-7-26(8-12-28)18-20-46-38(44)24(3)4;15-7-1-3-9-11(5-7)14(18)10-4-2-8(16)6-12(10)13(9)17;1-9(2)12(14)15-8-7-10-3-5-11(13)6-4-10/h5-16,21-22,39-40H,1,3,17-20H2,2,4H3;1-6H,15-16H2;3-6H,1,7-8H2,2H3. The van der Waals surface area contributed by atoms with E-state index in [1.165, 1.54) is 12.1 Å². The first-order valence-corrected chi connectivity index (χ1v) is 25.8. The van der Waals surface area contributed by atoms with E-state index < -0.39 is 11.9 Å². The third kappa shape index (κ3) is 14.9. The molecule has 79 heavy (non-hydrogen) atoms. The van der Waals surface area contributed by atoms with Crippen molar-refractivity contribution in [2.24, 2.45) is 0 Å². The van der Waals surface area contributed by atoms with Gasteiger partial charge in [0.25, 0.3) is 0 Å². The Labute approximate surface area is 466 Å². The second-order valence-electron chi connectivity index (χ2n) is 18.7. The lowest BCUT2D eigenvalue weighted by atomic mass is 9.83. The number of esters is 3. The number of ether oxygens (including phenoxy) is 3. The van der Waals surface area contributed by atoms with Crippen LogP contribution in [0.15, 0.2) is 187 Å². The van der Waals surface area contributed by atoms with E-state index in [1.807, 2.05) is 72.8 Å². The number of carbonyl (C=O) groups is 7. The van der Waals surface area contributed by atoms with Gasteiger partial charge in [-0.15, -0.1) is 0 Å². The van der Waals surface area contributed by atoms with Gasteiger partial charge in [-0.3, -0.25) is 19.2 Å². The minimum atomic E-state index is -0.404. The van der Waals surface area contributed by atoms with Crippen molar-refractivity contribution in [2.45, 2.75) is 40.0 Å². The molecule has 0 bridgehead atoms. The summed E-state index contributed by atoms with van der Waals surface area (Å²) in [6.45, 7) is 16.5. The summed E-state index contributed by atoms with van der Waals surface area (Å²) in [4.78, 5) is 85.7. The van der Waals surface area contributed by atoms with Gasteiger partial charge in [-0.25, -0.2) is 14.4 Å². The van der Waals surface area contributed by atoms with Crippen molar-refractivity contribution in [2.75, 3.05) is 41.9 Å². The van der Waals surface area contributed by atoms with Gasteiger partial charge in [0.1, 0.15) is 0 Å². The Hall–Kier alpha value is -9.47. The first-order chi connectivity index (χ1) is 37.8. The normalized spacial score (nSPS) is 11.6. The fourth-order valence-corrected chi connectivity index (χ4v) is 8.40. The number of carbonyl (C=O) groups excluding carboxylic acids is 7. The van der Waals surface area contributed by atoms with E-state index in [9.17, 15) is 33.6 Å². The van der Waals surface area contributed by atoms with Crippen LogP contribution in [0.25, 0.3) is 0 Å². The fourth-order valence-electron chi connectivity index (χ4n) is 8.14. The average molecular weight is 1120 g/mol. The van der Waals surface area contributed by atoms with Crippen LogP contribution in [0.4, 0.5) is 34.1 Å². The molecule has 0 heterocycles. The van der Waals surface area contributed by atoms with Crippen LogP contribution in [0.2, 0.25) is 0 Å². The van der Waals surface area contributed by atoms with Crippen LogP contribution in [0.3, 0.4) is 0 Å². The second-order valence-corrected chi connectivity index (χ2v) is 19.6. The molecular formula is C64H57BrN4O10. The van der Waals surface area contributed by atoms with Gasteiger partial charge >= 0.3 is 17.9 Å². The number of fused-ring (bicyclic) bond motifs is 4. The molecular weight excluding hydrogens is 1060 g/mol. The van der Waals surface area contributed by atoms with Gasteiger partial charge in [0.05, 0.1) is 19.8 Å². The zero-order valence-electron chi connectivity index (χ0n) is 43.8. The molecule has 0 radical (unpaired) electrons. The van der Waals surface area contributed by atoms with Crippen LogP contribution in [0.1, 0.15) is 101 Å². The molecule has 0 saturated carbocycles. The van der Waals surface area contributed by atoms with Crippen molar-refractivity contribution in [3.8, 4) is 0 Å². The van der Waals surface area contributed by atoms with E-state index in [0.717, 1.165) is 39.0 Å². The van der Waals surface area contributed by atoms with Crippen LogP contribution in [0, 0.1) is 0 Å². The monoisotopic (exact) mass is 1120 g/mol. The topological polar surface area (TPSA) is 223 Å². The van der Waals surface area contributed by atoms with Crippen molar-refractivity contribution in [3.05, 3.63) is 248 Å². The number of benzene rings is 7. The minimum absolute atomic E-state index is 0.188. The van der Waals surface area contributed by atoms with Gasteiger partial charge in [-0.2, -0.15) is 0 Å². The van der Waals surface area contributed by atoms with Gasteiger partial charge < -0.3 is 36.3 Å². The van der Waals surface area contributed by atoms with Crippen molar-refractivity contribution in [1.82, 2.24) is 0 Å². The number of ketones is 4. The van der Waals surface area contributed by atoms with E-state index in [1.54, 1.807) is 81.4 Å². The zero-order valence-corrected chi connectivity index (χ0v) is 45.4. The number of rotatable bonds is 16. The highest BCUT2D eigenvalue weighted by Crippen LogP contribution is 2.33. The van der Waals surface area contributed by atoms with Crippen LogP contribution >= 0.6 is 15.9 Å². The van der Waals surface area contributed by atoms with Crippen molar-refractivity contribution in [1.29, 1.82) is 0 Å². The van der Waals surface area contributed by atoms with Crippen molar-refractivity contribution < 1.29 is 47.8 Å². The Morgan fingerprint density at radius 1 is 0.392 bits per heavy atom. The molecule has 7 aromatic carbocycles. The molecule has 2 aliphatic rings. The quantitative estimate of drug-likeness (QED) is 0.0306. The van der Waals surface area contributed by atoms with Gasteiger partial charge in [-0.1, -0.05) is 72.1 Å². The minimum Gasteiger partial charge on any atom is -0.462 e. The average Bonchev–Trinajstić information content (AvgIpc) is 3.48. The predicted octanol–water partition coefficient (Wildman–Crippen LogP) is 12.0. The van der Waals surface area contributed by atoms with Gasteiger partial charge in [0.15, 0.2) is 23.1 Å². The third-order valence-electron chi connectivity index (χ3n) is 12.4. The number of nitrogens with two attached hydrogens (primary N) is 2. The molecule has 0 saturated heterocycles. The Morgan fingerprint density at radius 3 is 0.962 bits per heavy atom. The Balaban J connectivity index is 0.000000221. The maximum Gasteiger partial charge on any atom is 0.333 e. The fraction of sp³-hybridized carbons (Fsp3) is 0.141. The van der Waals surface area contributed by atoms with Gasteiger partial charge in [0.2, 0.25) is 0 Å². The largest absolute Gasteiger partial charge is 0.462 e. The SMILES string of the molecule is C=C(C)C(=O)OCCc1ccc(Br)cc1.C=C(C)C(=O)OCCc1ccc(Nc2ccc3c(c2)C(=O)c2ccc(Nc4ccc(CCOC(=O)C(=C)C)cc4)cc2C3=O)cc1.Nc1ccc2c(c1)C(=O)c1ccc(N)cc1C2=O. The van der Waals surface area contributed by atoms with Crippen molar-refractivity contribution >= 4 is 91.1 Å². The molecule has 2 aliphatic carbocycles. The lowest BCUT2D eigenvalue weighted by Gasteiger charge is -2.20. The summed E-state index contributed by atoms with van der Waals surface area (Å²) in [5, 5.41) is 6.59. The molecule has 0 spiro atoms. The Kier molecular flexibility index (Phi) is 18.9. The molecule has 0 atom stereocenters. The molecule has 9 rings (SSSR count).